The third kappa shape index (κ3) is 2.92. The average molecular weight is 350 g/mol. The predicted octanol–water partition coefficient (Wildman–Crippen LogP) is 3.97. The minimum absolute atomic E-state index is 0.00891. The number of anilines is 2. The van der Waals surface area contributed by atoms with Crippen molar-refractivity contribution in [1.82, 2.24) is 14.5 Å². The van der Waals surface area contributed by atoms with Crippen molar-refractivity contribution in [3.8, 4) is 5.75 Å². The van der Waals surface area contributed by atoms with Gasteiger partial charge in [-0.2, -0.15) is 4.98 Å². The number of hydrogen-bond donors (Lipinski definition) is 2. The van der Waals surface area contributed by atoms with Crippen LogP contribution in [0.3, 0.4) is 0 Å². The highest BCUT2D eigenvalue weighted by molar-refractivity contribution is 5.76. The molecule has 1 aliphatic rings. The molecule has 2 heterocycles. The maximum atomic E-state index is 12.5. The van der Waals surface area contributed by atoms with Crippen LogP contribution in [-0.2, 0) is 0 Å². The Balaban J connectivity index is 1.77. The summed E-state index contributed by atoms with van der Waals surface area (Å²) in [7, 11) is 0. The summed E-state index contributed by atoms with van der Waals surface area (Å²) in [4.78, 5) is 21.5. The normalized spacial score (nSPS) is 14.8. The quantitative estimate of drug-likeness (QED) is 0.699. The molecule has 2 N–H and O–H groups in total. The number of phenolic OH excluding ortho intramolecular Hbond substituents is 1. The maximum Gasteiger partial charge on any atom is 0.252 e. The van der Waals surface area contributed by atoms with Crippen LogP contribution in [0.4, 0.5) is 11.6 Å². The highest BCUT2D eigenvalue weighted by atomic mass is 16.3. The first-order valence-electron chi connectivity index (χ1n) is 8.98. The molecule has 1 aliphatic carbocycles. The molecule has 6 nitrogen and oxygen atoms in total. The van der Waals surface area contributed by atoms with Gasteiger partial charge in [0.05, 0.1) is 0 Å². The molecule has 0 amide bonds. The molecular weight excluding hydrogens is 328 g/mol. The molecule has 134 valence electrons. The summed E-state index contributed by atoms with van der Waals surface area (Å²) in [6.07, 6.45) is 6.07. The number of aryl methyl sites for hydroxylation is 2. The Hall–Kier alpha value is -2.89. The van der Waals surface area contributed by atoms with Gasteiger partial charge in [-0.25, -0.2) is 4.98 Å². The number of phenols is 1. The van der Waals surface area contributed by atoms with Gasteiger partial charge in [0.25, 0.3) is 5.56 Å². The summed E-state index contributed by atoms with van der Waals surface area (Å²) in [6, 6.07) is 7.30. The Bertz CT molecular complexity index is 1010. The van der Waals surface area contributed by atoms with Crippen LogP contribution in [0.5, 0.6) is 5.75 Å². The van der Waals surface area contributed by atoms with E-state index in [1.165, 1.54) is 0 Å². The van der Waals surface area contributed by atoms with Gasteiger partial charge in [-0.1, -0.05) is 12.8 Å². The lowest BCUT2D eigenvalue weighted by Gasteiger charge is -2.16. The smallest absolute Gasteiger partial charge is 0.252 e. The van der Waals surface area contributed by atoms with Crippen molar-refractivity contribution in [2.45, 2.75) is 45.6 Å². The van der Waals surface area contributed by atoms with Crippen LogP contribution in [0.25, 0.3) is 11.0 Å². The van der Waals surface area contributed by atoms with E-state index in [1.807, 2.05) is 30.5 Å². The number of pyridine rings is 1. The molecule has 0 bridgehead atoms. The number of benzene rings is 1. The second-order valence-electron chi connectivity index (χ2n) is 7.04. The lowest BCUT2D eigenvalue weighted by molar-refractivity contribution is 0.467. The monoisotopic (exact) mass is 350 g/mol. The van der Waals surface area contributed by atoms with E-state index in [0.29, 0.717) is 17.3 Å². The van der Waals surface area contributed by atoms with E-state index < -0.39 is 0 Å². The van der Waals surface area contributed by atoms with Gasteiger partial charge >= 0.3 is 0 Å². The van der Waals surface area contributed by atoms with Crippen LogP contribution in [0.15, 0.2) is 35.3 Å². The summed E-state index contributed by atoms with van der Waals surface area (Å²) in [5, 5.41) is 14.0. The standard InChI is InChI=1S/C20H22N4O2/c1-12-9-15(10-13(2)18(12)26)22-20-21-11-14-7-8-17(25)24(19(14)23-20)16-5-3-4-6-16/h7-11,16,26H,3-6H2,1-2H3,(H,21,22,23). The summed E-state index contributed by atoms with van der Waals surface area (Å²) in [5.41, 5.74) is 3.05. The van der Waals surface area contributed by atoms with Crippen LogP contribution in [0.1, 0.15) is 42.9 Å². The molecule has 2 aromatic heterocycles. The van der Waals surface area contributed by atoms with Crippen molar-refractivity contribution in [3.05, 3.63) is 51.9 Å². The molecule has 1 saturated carbocycles. The molecular formula is C20H22N4O2. The molecule has 0 spiro atoms. The molecule has 0 radical (unpaired) electrons. The van der Waals surface area contributed by atoms with Crippen LogP contribution in [-0.4, -0.2) is 19.6 Å². The van der Waals surface area contributed by atoms with E-state index in [1.54, 1.807) is 18.3 Å². The molecule has 1 fully saturated rings. The zero-order valence-electron chi connectivity index (χ0n) is 15.0. The Morgan fingerprint density at radius 2 is 1.85 bits per heavy atom. The van der Waals surface area contributed by atoms with Gasteiger partial charge in [-0.05, 0) is 56.0 Å². The van der Waals surface area contributed by atoms with Crippen molar-refractivity contribution in [2.75, 3.05) is 5.32 Å². The van der Waals surface area contributed by atoms with E-state index in [-0.39, 0.29) is 11.6 Å². The Kier molecular flexibility index (Phi) is 4.11. The average Bonchev–Trinajstić information content (AvgIpc) is 3.13. The summed E-state index contributed by atoms with van der Waals surface area (Å²) in [6.45, 7) is 3.71. The number of fused-ring (bicyclic) bond motifs is 1. The second kappa shape index (κ2) is 6.44. The molecule has 3 aromatic rings. The largest absolute Gasteiger partial charge is 0.507 e. The summed E-state index contributed by atoms with van der Waals surface area (Å²) >= 11 is 0. The number of nitrogens with one attached hydrogen (secondary N) is 1. The van der Waals surface area contributed by atoms with E-state index in [4.69, 9.17) is 0 Å². The molecule has 0 aliphatic heterocycles. The fourth-order valence-electron chi connectivity index (χ4n) is 3.77. The molecule has 0 saturated heterocycles. The zero-order valence-corrected chi connectivity index (χ0v) is 15.0. The van der Waals surface area contributed by atoms with Crippen LogP contribution in [0.2, 0.25) is 0 Å². The fraction of sp³-hybridized carbons (Fsp3) is 0.350. The fourth-order valence-corrected chi connectivity index (χ4v) is 3.77. The van der Waals surface area contributed by atoms with Crippen molar-refractivity contribution >= 4 is 22.7 Å². The van der Waals surface area contributed by atoms with Crippen LogP contribution in [0, 0.1) is 13.8 Å². The van der Waals surface area contributed by atoms with Gasteiger partial charge in [-0.3, -0.25) is 9.36 Å². The van der Waals surface area contributed by atoms with Crippen LogP contribution < -0.4 is 10.9 Å². The van der Waals surface area contributed by atoms with Crippen molar-refractivity contribution in [3.63, 3.8) is 0 Å². The first-order valence-corrected chi connectivity index (χ1v) is 8.98. The van der Waals surface area contributed by atoms with Crippen molar-refractivity contribution in [1.29, 1.82) is 0 Å². The highest BCUT2D eigenvalue weighted by Crippen LogP contribution is 2.31. The highest BCUT2D eigenvalue weighted by Gasteiger charge is 2.20. The third-order valence-electron chi connectivity index (χ3n) is 5.10. The third-order valence-corrected chi connectivity index (χ3v) is 5.10. The van der Waals surface area contributed by atoms with Gasteiger partial charge in [0.1, 0.15) is 11.4 Å². The lowest BCUT2D eigenvalue weighted by atomic mass is 10.1. The van der Waals surface area contributed by atoms with Crippen molar-refractivity contribution < 1.29 is 5.11 Å². The van der Waals surface area contributed by atoms with E-state index in [0.717, 1.165) is 47.9 Å². The minimum Gasteiger partial charge on any atom is -0.507 e. The lowest BCUT2D eigenvalue weighted by Crippen LogP contribution is -2.23. The van der Waals surface area contributed by atoms with E-state index in [2.05, 4.69) is 15.3 Å². The Morgan fingerprint density at radius 3 is 2.54 bits per heavy atom. The number of aromatic hydroxyl groups is 1. The maximum absolute atomic E-state index is 12.5. The van der Waals surface area contributed by atoms with E-state index >= 15 is 0 Å². The van der Waals surface area contributed by atoms with E-state index in [9.17, 15) is 9.90 Å². The minimum atomic E-state index is -0.00891. The molecule has 0 unspecified atom stereocenters. The molecule has 26 heavy (non-hydrogen) atoms. The zero-order chi connectivity index (χ0) is 18.3. The van der Waals surface area contributed by atoms with Gasteiger partial charge < -0.3 is 10.4 Å². The number of rotatable bonds is 3. The number of hydrogen-bond acceptors (Lipinski definition) is 5. The predicted molar refractivity (Wildman–Crippen MR) is 102 cm³/mol. The van der Waals surface area contributed by atoms with Crippen LogP contribution >= 0.6 is 0 Å². The van der Waals surface area contributed by atoms with Gasteiger partial charge in [0.2, 0.25) is 5.95 Å². The van der Waals surface area contributed by atoms with Gasteiger partial charge in [-0.15, -0.1) is 0 Å². The SMILES string of the molecule is Cc1cc(Nc2ncc3ccc(=O)n(C4CCCC4)c3n2)cc(C)c1O. The molecule has 1 aromatic carbocycles. The number of nitrogens with zero attached hydrogens (tertiary/aromatic N) is 3. The second-order valence-corrected chi connectivity index (χ2v) is 7.04. The number of aromatic nitrogens is 3. The topological polar surface area (TPSA) is 80.0 Å². The Labute approximate surface area is 151 Å². The molecule has 0 atom stereocenters. The first-order chi connectivity index (χ1) is 12.5. The molecule has 4 rings (SSSR count). The van der Waals surface area contributed by atoms with Gasteiger partial charge in [0.15, 0.2) is 0 Å². The summed E-state index contributed by atoms with van der Waals surface area (Å²) < 4.78 is 1.82. The first kappa shape index (κ1) is 16.6. The van der Waals surface area contributed by atoms with Gasteiger partial charge in [0, 0.05) is 29.4 Å². The van der Waals surface area contributed by atoms with Crippen molar-refractivity contribution in [2.24, 2.45) is 0 Å². The molecule has 6 heteroatoms. The Morgan fingerprint density at radius 1 is 1.15 bits per heavy atom. The summed E-state index contributed by atoms with van der Waals surface area (Å²) in [5.74, 6) is 0.740.